The van der Waals surface area contributed by atoms with Crippen LogP contribution in [0.4, 0.5) is 18.9 Å². The van der Waals surface area contributed by atoms with Crippen LogP contribution in [-0.2, 0) is 11.0 Å². The first-order chi connectivity index (χ1) is 18.4. The highest BCUT2D eigenvalue weighted by Gasteiger charge is 2.30. The van der Waals surface area contributed by atoms with Gasteiger partial charge in [-0.25, -0.2) is 4.98 Å². The van der Waals surface area contributed by atoms with Crippen molar-refractivity contribution in [3.63, 3.8) is 0 Å². The lowest BCUT2D eigenvalue weighted by Gasteiger charge is -2.18. The lowest BCUT2D eigenvalue weighted by molar-refractivity contribution is -0.139. The van der Waals surface area contributed by atoms with Gasteiger partial charge in [-0.15, -0.1) is 23.1 Å². The Kier molecular flexibility index (Phi) is 8.03. The molecule has 6 nitrogen and oxygen atoms in total. The number of alkyl halides is 3. The number of thiazole rings is 1. The lowest BCUT2D eigenvalue weighted by Crippen LogP contribution is -2.26. The van der Waals surface area contributed by atoms with Crippen LogP contribution in [0.5, 0.6) is 5.75 Å². The highest BCUT2D eigenvalue weighted by atomic mass is 32.2. The zero-order valence-corrected chi connectivity index (χ0v) is 22.6. The van der Waals surface area contributed by atoms with Crippen molar-refractivity contribution in [2.24, 2.45) is 0 Å². The number of halogens is 3. The first-order valence-electron chi connectivity index (χ1n) is 11.5. The van der Waals surface area contributed by atoms with E-state index in [0.717, 1.165) is 22.6 Å². The maximum absolute atomic E-state index is 13.3. The minimum absolute atomic E-state index is 0.116. The molecule has 4 rings (SSSR count). The summed E-state index contributed by atoms with van der Waals surface area (Å²) in [7, 11) is 1.54. The summed E-state index contributed by atoms with van der Waals surface area (Å²) in [5, 5.41) is 12.6. The van der Waals surface area contributed by atoms with Crippen molar-refractivity contribution in [3.8, 4) is 26.8 Å². The van der Waals surface area contributed by atoms with Crippen molar-refractivity contribution >= 4 is 40.7 Å². The Morgan fingerprint density at radius 2 is 1.51 bits per heavy atom. The first kappa shape index (κ1) is 28.2. The number of ether oxygens (including phenoxy) is 1. The number of thioether (sulfide) groups is 1. The van der Waals surface area contributed by atoms with Crippen molar-refractivity contribution in [1.29, 1.82) is 0 Å². The van der Waals surface area contributed by atoms with E-state index in [9.17, 15) is 27.9 Å². The summed E-state index contributed by atoms with van der Waals surface area (Å²) in [4.78, 5) is 30.6. The van der Waals surface area contributed by atoms with Gasteiger partial charge in [0, 0.05) is 16.1 Å². The highest BCUT2D eigenvalue weighted by molar-refractivity contribution is 8.01. The number of nitrogens with one attached hydrogen (secondary N) is 1. The van der Waals surface area contributed by atoms with Gasteiger partial charge in [-0.1, -0.05) is 12.1 Å². The van der Waals surface area contributed by atoms with Crippen LogP contribution in [0.15, 0.2) is 77.7 Å². The second-order valence-electron chi connectivity index (χ2n) is 8.90. The number of carbonyl (C=O) groups is 2. The van der Waals surface area contributed by atoms with Gasteiger partial charge >= 0.3 is 12.1 Å². The Bertz CT molecular complexity index is 1480. The average Bonchev–Trinajstić information content (AvgIpc) is 3.34. The van der Waals surface area contributed by atoms with Gasteiger partial charge in [0.15, 0.2) is 0 Å². The summed E-state index contributed by atoms with van der Waals surface area (Å²) in [6, 6.07) is 18.5. The van der Waals surface area contributed by atoms with Crippen molar-refractivity contribution < 1.29 is 32.6 Å². The summed E-state index contributed by atoms with van der Waals surface area (Å²) in [5.74, 6) is -0.862. The molecule has 0 bridgehead atoms. The SMILES string of the molecule is COc1ccc(-c2sc(-c3ccc(SC(C)(C)C(=O)O)cc3)nc2C(=O)Nc2ccc(C(F)(F)F)cc2)cc1. The number of hydrogen-bond acceptors (Lipinski definition) is 6. The molecule has 39 heavy (non-hydrogen) atoms. The van der Waals surface area contributed by atoms with Crippen LogP contribution < -0.4 is 10.1 Å². The number of anilines is 1. The molecule has 2 N–H and O–H groups in total. The molecule has 1 aromatic heterocycles. The van der Waals surface area contributed by atoms with E-state index in [1.54, 1.807) is 69.5 Å². The number of benzene rings is 3. The van der Waals surface area contributed by atoms with Gasteiger partial charge in [-0.05, 0) is 80.1 Å². The molecule has 1 heterocycles. The van der Waals surface area contributed by atoms with E-state index in [1.807, 2.05) is 0 Å². The van der Waals surface area contributed by atoms with Gasteiger partial charge < -0.3 is 15.2 Å². The number of nitrogens with zero attached hydrogens (tertiary/aromatic N) is 1. The number of carboxylic acids is 1. The quantitative estimate of drug-likeness (QED) is 0.210. The molecule has 0 aliphatic carbocycles. The molecule has 0 atom stereocenters. The second-order valence-corrected chi connectivity index (χ2v) is 11.6. The summed E-state index contributed by atoms with van der Waals surface area (Å²) in [6.45, 7) is 3.24. The molecule has 0 saturated heterocycles. The summed E-state index contributed by atoms with van der Waals surface area (Å²) >= 11 is 2.50. The summed E-state index contributed by atoms with van der Waals surface area (Å²) in [6.07, 6.45) is -4.48. The molecule has 0 unspecified atom stereocenters. The van der Waals surface area contributed by atoms with Gasteiger partial charge in [-0.3, -0.25) is 9.59 Å². The zero-order valence-electron chi connectivity index (χ0n) is 21.0. The number of aliphatic carboxylic acids is 1. The monoisotopic (exact) mass is 572 g/mol. The average molecular weight is 573 g/mol. The molecular formula is C28H23F3N2O4S2. The Morgan fingerprint density at radius 1 is 0.923 bits per heavy atom. The maximum atomic E-state index is 13.3. The second kappa shape index (κ2) is 11.1. The fourth-order valence-electron chi connectivity index (χ4n) is 3.47. The van der Waals surface area contributed by atoms with Crippen LogP contribution in [0, 0.1) is 0 Å². The van der Waals surface area contributed by atoms with E-state index in [2.05, 4.69) is 10.3 Å². The Balaban J connectivity index is 1.66. The minimum atomic E-state index is -4.48. The maximum Gasteiger partial charge on any atom is 0.416 e. The standard InChI is InChI=1S/C28H23F3N2O4S2/c1-27(2,26(35)36)39-21-14-6-17(7-15-21)25-33-22(23(38-25)16-4-12-20(37-3)13-5-16)24(34)32-19-10-8-18(9-11-19)28(29,30)31/h4-15H,1-3H3,(H,32,34)(H,35,36). The third-order valence-electron chi connectivity index (χ3n) is 5.65. The minimum Gasteiger partial charge on any atom is -0.497 e. The molecule has 0 fully saturated rings. The van der Waals surface area contributed by atoms with Crippen LogP contribution in [-0.4, -0.2) is 33.8 Å². The molecule has 3 aromatic carbocycles. The molecule has 1 amide bonds. The van der Waals surface area contributed by atoms with Crippen molar-refractivity contribution in [2.75, 3.05) is 12.4 Å². The van der Waals surface area contributed by atoms with E-state index in [1.165, 1.54) is 35.2 Å². The lowest BCUT2D eigenvalue weighted by atomic mass is 10.1. The van der Waals surface area contributed by atoms with Crippen LogP contribution >= 0.6 is 23.1 Å². The molecule has 0 aliphatic heterocycles. The van der Waals surface area contributed by atoms with Crippen LogP contribution in [0.25, 0.3) is 21.0 Å². The van der Waals surface area contributed by atoms with Crippen LogP contribution in [0.3, 0.4) is 0 Å². The van der Waals surface area contributed by atoms with Gasteiger partial charge in [0.1, 0.15) is 21.2 Å². The van der Waals surface area contributed by atoms with E-state index >= 15 is 0 Å². The smallest absolute Gasteiger partial charge is 0.416 e. The van der Waals surface area contributed by atoms with Crippen molar-refractivity contribution in [1.82, 2.24) is 4.98 Å². The third kappa shape index (κ3) is 6.61. The summed E-state index contributed by atoms with van der Waals surface area (Å²) in [5.41, 5.74) is 0.938. The highest BCUT2D eigenvalue weighted by Crippen LogP contribution is 2.39. The molecule has 0 saturated carbocycles. The van der Waals surface area contributed by atoms with E-state index < -0.39 is 28.4 Å². The molecule has 0 spiro atoms. The van der Waals surface area contributed by atoms with Crippen molar-refractivity contribution in [3.05, 3.63) is 84.1 Å². The number of aromatic nitrogens is 1. The molecule has 0 radical (unpaired) electrons. The number of amides is 1. The van der Waals surface area contributed by atoms with E-state index in [0.29, 0.717) is 21.2 Å². The van der Waals surface area contributed by atoms with Crippen molar-refractivity contribution in [2.45, 2.75) is 29.7 Å². The fraction of sp³-hybridized carbons (Fsp3) is 0.179. The van der Waals surface area contributed by atoms with E-state index in [4.69, 9.17) is 4.74 Å². The summed E-state index contributed by atoms with van der Waals surface area (Å²) < 4.78 is 43.0. The van der Waals surface area contributed by atoms with Gasteiger partial charge in [-0.2, -0.15) is 13.2 Å². The topological polar surface area (TPSA) is 88.5 Å². The van der Waals surface area contributed by atoms with Crippen LogP contribution in [0.1, 0.15) is 29.9 Å². The number of carboxylic acid groups (broad SMARTS) is 1. The van der Waals surface area contributed by atoms with Crippen LogP contribution in [0.2, 0.25) is 0 Å². The largest absolute Gasteiger partial charge is 0.497 e. The van der Waals surface area contributed by atoms with E-state index in [-0.39, 0.29) is 11.4 Å². The first-order valence-corrected chi connectivity index (χ1v) is 13.2. The van der Waals surface area contributed by atoms with Gasteiger partial charge in [0.2, 0.25) is 0 Å². The third-order valence-corrected chi connectivity index (χ3v) is 8.00. The molecule has 202 valence electrons. The number of hydrogen-bond donors (Lipinski definition) is 2. The van der Waals surface area contributed by atoms with Gasteiger partial charge in [0.25, 0.3) is 5.91 Å². The van der Waals surface area contributed by atoms with Gasteiger partial charge in [0.05, 0.1) is 17.6 Å². The molecule has 0 aliphatic rings. The number of carbonyl (C=O) groups excluding carboxylic acids is 1. The predicted octanol–water partition coefficient (Wildman–Crippen LogP) is 7.71. The number of methoxy groups -OCH3 is 1. The molecular weight excluding hydrogens is 549 g/mol. The zero-order chi connectivity index (χ0) is 28.4. The number of rotatable bonds is 8. The Labute approximate surface area is 230 Å². The molecule has 11 heteroatoms. The Hall–Kier alpha value is -3.83. The molecule has 4 aromatic rings. The normalized spacial score (nSPS) is 11.7. The predicted molar refractivity (Wildman–Crippen MR) is 147 cm³/mol. The Morgan fingerprint density at radius 3 is 2.05 bits per heavy atom. The fourth-order valence-corrected chi connectivity index (χ4v) is 5.49.